The van der Waals surface area contributed by atoms with Crippen molar-refractivity contribution in [3.8, 4) is 5.75 Å². The topological polar surface area (TPSA) is 76.8 Å². The molecule has 0 fully saturated rings. The molecule has 0 bridgehead atoms. The van der Waals surface area contributed by atoms with Crippen molar-refractivity contribution in [3.05, 3.63) is 67.7 Å². The Hall–Kier alpha value is -2.31. The Morgan fingerprint density at radius 2 is 2.00 bits per heavy atom. The lowest BCUT2D eigenvalue weighted by atomic mass is 10.2. The average Bonchev–Trinajstić information content (AvgIpc) is 2.53. The van der Waals surface area contributed by atoms with Crippen molar-refractivity contribution >= 4 is 35.1 Å². The molecule has 2 aromatic carbocycles. The fraction of sp³-hybridized carbons (Fsp3) is 0.133. The van der Waals surface area contributed by atoms with E-state index in [4.69, 9.17) is 27.9 Å². The number of nitro groups is 1. The minimum absolute atomic E-state index is 0.120. The number of nitrogens with zero attached hydrogens (tertiary/aromatic N) is 2. The Morgan fingerprint density at radius 3 is 2.61 bits per heavy atom. The summed E-state index contributed by atoms with van der Waals surface area (Å²) >= 11 is 12.1. The van der Waals surface area contributed by atoms with E-state index in [1.807, 2.05) is 0 Å². The molecule has 0 aliphatic rings. The number of hydrogen-bond donors (Lipinski definition) is 1. The fourth-order valence-electron chi connectivity index (χ4n) is 1.88. The first-order chi connectivity index (χ1) is 11.0. The molecule has 0 unspecified atom stereocenters. The van der Waals surface area contributed by atoms with Crippen LogP contribution < -0.4 is 10.2 Å². The van der Waals surface area contributed by atoms with Crippen LogP contribution in [0, 0.1) is 10.1 Å². The number of nitro benzene ring substituents is 1. The van der Waals surface area contributed by atoms with Crippen molar-refractivity contribution in [1.29, 1.82) is 0 Å². The van der Waals surface area contributed by atoms with E-state index in [1.165, 1.54) is 25.5 Å². The monoisotopic (exact) mass is 353 g/mol. The van der Waals surface area contributed by atoms with Crippen LogP contribution in [-0.4, -0.2) is 18.2 Å². The second-order valence-corrected chi connectivity index (χ2v) is 5.30. The maximum absolute atomic E-state index is 11.0. The molecule has 0 amide bonds. The highest BCUT2D eigenvalue weighted by molar-refractivity contribution is 6.35. The molecular weight excluding hydrogens is 341 g/mol. The van der Waals surface area contributed by atoms with Crippen molar-refractivity contribution in [2.45, 2.75) is 6.54 Å². The lowest BCUT2D eigenvalue weighted by Gasteiger charge is -2.06. The Kier molecular flexibility index (Phi) is 5.78. The normalized spacial score (nSPS) is 10.7. The SMILES string of the molecule is COc1ccc(/C=N/NCc2c(Cl)cccc2Cl)cc1[N+](=O)[O-]. The third kappa shape index (κ3) is 4.34. The summed E-state index contributed by atoms with van der Waals surface area (Å²) < 4.78 is 4.94. The molecule has 0 spiro atoms. The molecule has 2 rings (SSSR count). The van der Waals surface area contributed by atoms with Crippen molar-refractivity contribution in [2.24, 2.45) is 5.10 Å². The summed E-state index contributed by atoms with van der Waals surface area (Å²) in [6, 6.07) is 9.80. The van der Waals surface area contributed by atoms with E-state index in [-0.39, 0.29) is 11.4 Å². The molecular formula is C15H13Cl2N3O3. The molecule has 8 heteroatoms. The van der Waals surface area contributed by atoms with Gasteiger partial charge in [-0.15, -0.1) is 0 Å². The summed E-state index contributed by atoms with van der Waals surface area (Å²) in [6.07, 6.45) is 1.47. The zero-order chi connectivity index (χ0) is 16.8. The van der Waals surface area contributed by atoms with Gasteiger partial charge in [0.2, 0.25) is 0 Å². The number of benzene rings is 2. The van der Waals surface area contributed by atoms with Gasteiger partial charge in [-0.25, -0.2) is 0 Å². The Morgan fingerprint density at radius 1 is 1.30 bits per heavy atom. The van der Waals surface area contributed by atoms with E-state index in [0.717, 1.165) is 5.56 Å². The summed E-state index contributed by atoms with van der Waals surface area (Å²) in [7, 11) is 1.38. The van der Waals surface area contributed by atoms with Gasteiger partial charge in [-0.3, -0.25) is 10.1 Å². The lowest BCUT2D eigenvalue weighted by Crippen LogP contribution is -2.06. The number of nitrogens with one attached hydrogen (secondary N) is 1. The van der Waals surface area contributed by atoms with Gasteiger partial charge in [-0.2, -0.15) is 5.10 Å². The summed E-state index contributed by atoms with van der Waals surface area (Å²) in [5.41, 5.74) is 3.98. The fourth-order valence-corrected chi connectivity index (χ4v) is 2.41. The molecule has 0 heterocycles. The number of methoxy groups -OCH3 is 1. The van der Waals surface area contributed by atoms with Crippen LogP contribution in [0.2, 0.25) is 10.0 Å². The highest BCUT2D eigenvalue weighted by atomic mass is 35.5. The van der Waals surface area contributed by atoms with Gasteiger partial charge in [0.05, 0.1) is 24.8 Å². The second-order valence-electron chi connectivity index (χ2n) is 4.48. The molecule has 0 saturated carbocycles. The highest BCUT2D eigenvalue weighted by Gasteiger charge is 2.14. The van der Waals surface area contributed by atoms with E-state index in [1.54, 1.807) is 24.3 Å². The third-order valence-electron chi connectivity index (χ3n) is 3.02. The van der Waals surface area contributed by atoms with E-state index in [2.05, 4.69) is 10.5 Å². The van der Waals surface area contributed by atoms with Crippen molar-refractivity contribution in [2.75, 3.05) is 7.11 Å². The van der Waals surface area contributed by atoms with Crippen LogP contribution in [0.25, 0.3) is 0 Å². The maximum atomic E-state index is 11.0. The van der Waals surface area contributed by atoms with Gasteiger partial charge in [0, 0.05) is 27.2 Å². The van der Waals surface area contributed by atoms with Gasteiger partial charge in [-0.1, -0.05) is 29.3 Å². The predicted molar refractivity (Wildman–Crippen MR) is 90.5 cm³/mol. The smallest absolute Gasteiger partial charge is 0.311 e. The van der Waals surface area contributed by atoms with Gasteiger partial charge in [0.15, 0.2) is 5.75 Å². The van der Waals surface area contributed by atoms with Crippen molar-refractivity contribution < 1.29 is 9.66 Å². The molecule has 0 saturated heterocycles. The van der Waals surface area contributed by atoms with Crippen LogP contribution in [0.4, 0.5) is 5.69 Å². The number of rotatable bonds is 6. The van der Waals surface area contributed by atoms with E-state index in [9.17, 15) is 10.1 Å². The molecule has 0 aliphatic heterocycles. The van der Waals surface area contributed by atoms with Gasteiger partial charge in [0.25, 0.3) is 0 Å². The Balaban J connectivity index is 2.06. The molecule has 0 atom stereocenters. The molecule has 0 radical (unpaired) electrons. The summed E-state index contributed by atoms with van der Waals surface area (Å²) in [6.45, 7) is 0.341. The van der Waals surface area contributed by atoms with Crippen molar-refractivity contribution in [3.63, 3.8) is 0 Å². The molecule has 23 heavy (non-hydrogen) atoms. The minimum atomic E-state index is -0.507. The highest BCUT2D eigenvalue weighted by Crippen LogP contribution is 2.27. The zero-order valence-corrected chi connectivity index (χ0v) is 13.6. The maximum Gasteiger partial charge on any atom is 0.311 e. The molecule has 120 valence electrons. The quantitative estimate of drug-likeness (QED) is 0.483. The Bertz CT molecular complexity index is 730. The zero-order valence-electron chi connectivity index (χ0n) is 12.1. The summed E-state index contributed by atoms with van der Waals surface area (Å²) in [4.78, 5) is 10.5. The first-order valence-electron chi connectivity index (χ1n) is 6.54. The Labute approximate surface area is 142 Å². The van der Waals surface area contributed by atoms with E-state index >= 15 is 0 Å². The van der Waals surface area contributed by atoms with Crippen LogP contribution in [0.1, 0.15) is 11.1 Å². The third-order valence-corrected chi connectivity index (χ3v) is 3.73. The first-order valence-corrected chi connectivity index (χ1v) is 7.29. The van der Waals surface area contributed by atoms with Crippen LogP contribution in [0.15, 0.2) is 41.5 Å². The average molecular weight is 354 g/mol. The minimum Gasteiger partial charge on any atom is -0.490 e. The van der Waals surface area contributed by atoms with Crippen LogP contribution in [-0.2, 0) is 6.54 Å². The van der Waals surface area contributed by atoms with Gasteiger partial charge in [-0.05, 0) is 24.3 Å². The van der Waals surface area contributed by atoms with Crippen molar-refractivity contribution in [1.82, 2.24) is 5.43 Å². The van der Waals surface area contributed by atoms with Gasteiger partial charge in [0.1, 0.15) is 0 Å². The number of hydrazone groups is 1. The second kappa shape index (κ2) is 7.80. The standard InChI is InChI=1S/C15H13Cl2N3O3/c1-23-15-6-5-10(7-14(15)20(21)22)8-18-19-9-11-12(16)3-2-4-13(11)17/h2-8,19H,9H2,1H3/b18-8+. The van der Waals surface area contributed by atoms with E-state index in [0.29, 0.717) is 22.2 Å². The molecule has 6 nitrogen and oxygen atoms in total. The molecule has 2 aromatic rings. The molecule has 0 aliphatic carbocycles. The largest absolute Gasteiger partial charge is 0.490 e. The molecule has 0 aromatic heterocycles. The van der Waals surface area contributed by atoms with Gasteiger partial charge >= 0.3 is 5.69 Å². The summed E-state index contributed by atoms with van der Waals surface area (Å²) in [5, 5.41) is 16.1. The van der Waals surface area contributed by atoms with Crippen LogP contribution in [0.3, 0.4) is 0 Å². The number of hydrogen-bond acceptors (Lipinski definition) is 5. The summed E-state index contributed by atoms with van der Waals surface area (Å²) in [5.74, 6) is 0.197. The molecule has 1 N–H and O–H groups in total. The number of ether oxygens (including phenoxy) is 1. The van der Waals surface area contributed by atoms with Crippen LogP contribution in [0.5, 0.6) is 5.75 Å². The van der Waals surface area contributed by atoms with Crippen LogP contribution >= 0.6 is 23.2 Å². The van der Waals surface area contributed by atoms with E-state index < -0.39 is 4.92 Å². The predicted octanol–water partition coefficient (Wildman–Crippen LogP) is 4.03. The van der Waals surface area contributed by atoms with Gasteiger partial charge < -0.3 is 10.2 Å². The number of halogens is 2. The lowest BCUT2D eigenvalue weighted by molar-refractivity contribution is -0.385. The first kappa shape index (κ1) is 17.1.